The van der Waals surface area contributed by atoms with Gasteiger partial charge in [-0.05, 0) is 30.7 Å². The van der Waals surface area contributed by atoms with Gasteiger partial charge in [0, 0.05) is 37.3 Å². The minimum absolute atomic E-state index is 0.180. The van der Waals surface area contributed by atoms with Crippen LogP contribution in [0, 0.1) is 0 Å². The summed E-state index contributed by atoms with van der Waals surface area (Å²) in [6, 6.07) is 14.6. The van der Waals surface area contributed by atoms with Crippen LogP contribution in [0.4, 0.5) is 0 Å². The molecule has 1 unspecified atom stereocenters. The maximum Gasteiger partial charge on any atom is 0.131 e. The summed E-state index contributed by atoms with van der Waals surface area (Å²) in [5.41, 5.74) is 3.35. The molecule has 1 fully saturated rings. The molecule has 1 atom stereocenters. The van der Waals surface area contributed by atoms with Gasteiger partial charge in [0.05, 0.1) is 18.9 Å². The van der Waals surface area contributed by atoms with E-state index in [1.54, 1.807) is 6.92 Å². The maximum atomic E-state index is 11.5. The zero-order valence-corrected chi connectivity index (χ0v) is 13.4. The van der Waals surface area contributed by atoms with E-state index in [0.717, 1.165) is 31.0 Å². The number of benzene rings is 1. The summed E-state index contributed by atoms with van der Waals surface area (Å²) in [7, 11) is 0. The van der Waals surface area contributed by atoms with Crippen LogP contribution < -0.4 is 0 Å². The van der Waals surface area contributed by atoms with E-state index in [1.807, 2.05) is 24.4 Å². The lowest BCUT2D eigenvalue weighted by molar-refractivity contribution is -0.120. The van der Waals surface area contributed by atoms with Crippen molar-refractivity contribution in [2.45, 2.75) is 25.9 Å². The number of nitrogens with zero attached hydrogens (tertiary/aromatic N) is 2. The third kappa shape index (κ3) is 4.24. The van der Waals surface area contributed by atoms with Gasteiger partial charge in [0.2, 0.25) is 0 Å². The van der Waals surface area contributed by atoms with E-state index in [2.05, 4.69) is 34.1 Å². The zero-order chi connectivity index (χ0) is 16.1. The molecule has 4 nitrogen and oxygen atoms in total. The van der Waals surface area contributed by atoms with Crippen LogP contribution >= 0.6 is 0 Å². The Morgan fingerprint density at radius 1 is 1.30 bits per heavy atom. The number of carbonyl (C=O) groups excluding carboxylic acids is 1. The normalized spacial score (nSPS) is 18.7. The highest BCUT2D eigenvalue weighted by atomic mass is 16.5. The van der Waals surface area contributed by atoms with Crippen molar-refractivity contribution in [3.63, 3.8) is 0 Å². The fourth-order valence-corrected chi connectivity index (χ4v) is 3.01. The molecular weight excluding hydrogens is 288 g/mol. The minimum Gasteiger partial charge on any atom is -0.378 e. The first-order valence-corrected chi connectivity index (χ1v) is 8.04. The molecular formula is C19H22N2O2. The average Bonchev–Trinajstić information content (AvgIpc) is 2.57. The van der Waals surface area contributed by atoms with Crippen molar-refractivity contribution >= 4 is 5.78 Å². The van der Waals surface area contributed by atoms with Crippen molar-refractivity contribution in [1.29, 1.82) is 0 Å². The number of hydrogen-bond donors (Lipinski definition) is 0. The first kappa shape index (κ1) is 15.8. The van der Waals surface area contributed by atoms with Gasteiger partial charge >= 0.3 is 0 Å². The van der Waals surface area contributed by atoms with Crippen molar-refractivity contribution in [3.8, 4) is 11.3 Å². The summed E-state index contributed by atoms with van der Waals surface area (Å²) < 4.78 is 5.54. The van der Waals surface area contributed by atoms with Crippen LogP contribution in [-0.4, -0.2) is 41.5 Å². The van der Waals surface area contributed by atoms with Crippen LogP contribution in [0.3, 0.4) is 0 Å². The molecule has 0 spiro atoms. The number of ketones is 1. The molecule has 1 aliphatic heterocycles. The molecule has 0 aliphatic carbocycles. The number of Topliss-reactive ketones (excluding diaryl/α,β-unsaturated/α-hetero) is 1. The molecule has 0 N–H and O–H groups in total. The fourth-order valence-electron chi connectivity index (χ4n) is 3.01. The highest BCUT2D eigenvalue weighted by Crippen LogP contribution is 2.20. The number of pyridine rings is 1. The number of rotatable bonds is 5. The van der Waals surface area contributed by atoms with Crippen LogP contribution in [0.15, 0.2) is 48.7 Å². The highest BCUT2D eigenvalue weighted by Gasteiger charge is 2.24. The van der Waals surface area contributed by atoms with E-state index in [0.29, 0.717) is 13.0 Å². The molecule has 0 bridgehead atoms. The SMILES string of the molecule is CC(=O)CC1COCCN1Cc1cccc(-c2ccccn2)c1. The molecule has 0 saturated carbocycles. The van der Waals surface area contributed by atoms with Crippen LogP contribution in [0.25, 0.3) is 11.3 Å². The molecule has 1 aliphatic rings. The third-order valence-corrected chi connectivity index (χ3v) is 4.15. The summed E-state index contributed by atoms with van der Waals surface area (Å²) in [4.78, 5) is 18.2. The molecule has 2 aromatic rings. The fraction of sp³-hybridized carbons (Fsp3) is 0.368. The van der Waals surface area contributed by atoms with Gasteiger partial charge < -0.3 is 4.74 Å². The molecule has 0 amide bonds. The summed E-state index contributed by atoms with van der Waals surface area (Å²) in [6.45, 7) is 4.72. The number of aromatic nitrogens is 1. The quantitative estimate of drug-likeness (QED) is 0.851. The summed E-state index contributed by atoms with van der Waals surface area (Å²) in [5.74, 6) is 0.215. The summed E-state index contributed by atoms with van der Waals surface area (Å²) >= 11 is 0. The van der Waals surface area contributed by atoms with Crippen LogP contribution in [0.1, 0.15) is 18.9 Å². The zero-order valence-electron chi connectivity index (χ0n) is 13.4. The third-order valence-electron chi connectivity index (χ3n) is 4.15. The van der Waals surface area contributed by atoms with E-state index in [1.165, 1.54) is 5.56 Å². The monoisotopic (exact) mass is 310 g/mol. The van der Waals surface area contributed by atoms with Gasteiger partial charge in [-0.1, -0.05) is 24.3 Å². The van der Waals surface area contributed by atoms with Gasteiger partial charge in [0.25, 0.3) is 0 Å². The van der Waals surface area contributed by atoms with Crippen molar-refractivity contribution in [2.24, 2.45) is 0 Å². The first-order chi connectivity index (χ1) is 11.2. The molecule has 120 valence electrons. The van der Waals surface area contributed by atoms with E-state index in [4.69, 9.17) is 4.74 Å². The predicted octanol–water partition coefficient (Wildman–Crippen LogP) is 2.93. The number of morpholine rings is 1. The maximum absolute atomic E-state index is 11.5. The van der Waals surface area contributed by atoms with Gasteiger partial charge in [0.15, 0.2) is 0 Å². The van der Waals surface area contributed by atoms with Gasteiger partial charge in [-0.25, -0.2) is 0 Å². The van der Waals surface area contributed by atoms with Crippen molar-refractivity contribution in [2.75, 3.05) is 19.8 Å². The van der Waals surface area contributed by atoms with Crippen LogP contribution in [0.5, 0.6) is 0 Å². The van der Waals surface area contributed by atoms with E-state index in [-0.39, 0.29) is 11.8 Å². The Balaban J connectivity index is 1.75. The topological polar surface area (TPSA) is 42.4 Å². The van der Waals surface area contributed by atoms with Gasteiger partial charge in [0.1, 0.15) is 5.78 Å². The van der Waals surface area contributed by atoms with E-state index >= 15 is 0 Å². The highest BCUT2D eigenvalue weighted by molar-refractivity contribution is 5.76. The molecule has 4 heteroatoms. The molecule has 0 radical (unpaired) electrons. The Morgan fingerprint density at radius 2 is 2.22 bits per heavy atom. The molecule has 1 saturated heterocycles. The Hall–Kier alpha value is -2.04. The summed E-state index contributed by atoms with van der Waals surface area (Å²) in [6.07, 6.45) is 2.37. The van der Waals surface area contributed by atoms with Gasteiger partial charge in [-0.3, -0.25) is 14.7 Å². The average molecular weight is 310 g/mol. The van der Waals surface area contributed by atoms with Gasteiger partial charge in [-0.2, -0.15) is 0 Å². The largest absolute Gasteiger partial charge is 0.378 e. The standard InChI is InChI=1S/C19H22N2O2/c1-15(22)11-18-14-23-10-9-21(18)13-16-5-4-6-17(12-16)19-7-2-3-8-20-19/h2-8,12,18H,9-11,13-14H2,1H3. The Bertz CT molecular complexity index is 657. The first-order valence-electron chi connectivity index (χ1n) is 8.04. The number of carbonyl (C=O) groups is 1. The minimum atomic E-state index is 0.180. The smallest absolute Gasteiger partial charge is 0.131 e. The Kier molecular flexibility index (Phi) is 5.16. The molecule has 23 heavy (non-hydrogen) atoms. The lowest BCUT2D eigenvalue weighted by Gasteiger charge is -2.35. The molecule has 2 heterocycles. The second kappa shape index (κ2) is 7.49. The predicted molar refractivity (Wildman–Crippen MR) is 90.0 cm³/mol. The van der Waals surface area contributed by atoms with E-state index < -0.39 is 0 Å². The van der Waals surface area contributed by atoms with Crippen LogP contribution in [0.2, 0.25) is 0 Å². The Labute approximate surface area is 137 Å². The molecule has 1 aromatic carbocycles. The number of hydrogen-bond acceptors (Lipinski definition) is 4. The van der Waals surface area contributed by atoms with Gasteiger partial charge in [-0.15, -0.1) is 0 Å². The van der Waals surface area contributed by atoms with Crippen molar-refractivity contribution in [1.82, 2.24) is 9.88 Å². The lowest BCUT2D eigenvalue weighted by Crippen LogP contribution is -2.45. The number of ether oxygens (including phenoxy) is 1. The Morgan fingerprint density at radius 3 is 3.00 bits per heavy atom. The van der Waals surface area contributed by atoms with E-state index in [9.17, 15) is 4.79 Å². The lowest BCUT2D eigenvalue weighted by atomic mass is 10.0. The summed E-state index contributed by atoms with van der Waals surface area (Å²) in [5, 5.41) is 0. The second-order valence-electron chi connectivity index (χ2n) is 6.02. The molecule has 1 aromatic heterocycles. The van der Waals surface area contributed by atoms with Crippen LogP contribution in [-0.2, 0) is 16.1 Å². The molecule has 3 rings (SSSR count). The van der Waals surface area contributed by atoms with Crippen molar-refractivity contribution < 1.29 is 9.53 Å². The van der Waals surface area contributed by atoms with Crippen molar-refractivity contribution in [3.05, 3.63) is 54.2 Å². The second-order valence-corrected chi connectivity index (χ2v) is 6.02.